The number of hydrogen-bond donors (Lipinski definition) is 2. The predicted octanol–water partition coefficient (Wildman–Crippen LogP) is 1.07. The predicted molar refractivity (Wildman–Crippen MR) is 146 cm³/mol. The molecular weight excluding hydrogens is 647 g/mol. The zero-order valence-corrected chi connectivity index (χ0v) is 26.2. The number of aliphatic hydroxyl groups is 1. The Morgan fingerprint density at radius 3 is 1.65 bits per heavy atom. The van der Waals surface area contributed by atoms with Gasteiger partial charge in [0.05, 0.1) is 13.2 Å². The summed E-state index contributed by atoms with van der Waals surface area (Å²) in [6, 6.07) is -3.12. The summed E-state index contributed by atoms with van der Waals surface area (Å²) in [7, 11) is -5.30. The first-order chi connectivity index (χ1) is 21.7. The van der Waals surface area contributed by atoms with Crippen LogP contribution in [0.1, 0.15) is 41.0 Å². The van der Waals surface area contributed by atoms with Gasteiger partial charge in [-0.25, -0.2) is 4.57 Å². The Labute approximate surface area is 261 Å². The number of ether oxygens (including phenoxy) is 7. The van der Waals surface area contributed by atoms with E-state index in [1.165, 1.54) is 0 Å². The summed E-state index contributed by atoms with van der Waals surface area (Å²) >= 11 is 0. The normalized spacial score (nSPS) is 32.0. The van der Waals surface area contributed by atoms with Crippen molar-refractivity contribution in [3.63, 3.8) is 0 Å². The molecule has 0 aromatic heterocycles. The van der Waals surface area contributed by atoms with Crippen molar-refractivity contribution in [1.82, 2.24) is 0 Å². The first-order valence-corrected chi connectivity index (χ1v) is 15.1. The third kappa shape index (κ3) is 11.1. The minimum atomic E-state index is -5.30. The summed E-state index contributed by atoms with van der Waals surface area (Å²) in [5.41, 5.74) is 18.3. The van der Waals surface area contributed by atoms with Gasteiger partial charge in [0.1, 0.15) is 24.3 Å². The molecule has 2 rings (SSSR count). The number of aliphatic hydroxyl groups excluding tert-OH is 1. The fourth-order valence-corrected chi connectivity index (χ4v) is 5.37. The van der Waals surface area contributed by atoms with Gasteiger partial charge in [-0.1, -0.05) is 17.2 Å². The first-order valence-electron chi connectivity index (χ1n) is 13.6. The second kappa shape index (κ2) is 18.0. The number of nitrogens with zero attached hydrogens (tertiary/aromatic N) is 6. The molecule has 2 N–H and O–H groups in total. The molecule has 0 aromatic carbocycles. The quantitative estimate of drug-likeness (QED) is 0.0609. The van der Waals surface area contributed by atoms with Crippen LogP contribution in [0, 0.1) is 0 Å². The zero-order valence-electron chi connectivity index (χ0n) is 25.3. The molecule has 0 spiro atoms. The molecule has 0 bridgehead atoms. The molecule has 2 aliphatic rings. The smallest absolute Gasteiger partial charge is 0.458 e. The summed E-state index contributed by atoms with van der Waals surface area (Å²) in [5, 5.41) is 16.8. The molecule has 22 nitrogen and oxygen atoms in total. The lowest BCUT2D eigenvalue weighted by atomic mass is 9.97. The fraction of sp³-hybridized carbons (Fsp3) is 0.826. The van der Waals surface area contributed by atoms with Gasteiger partial charge in [0.25, 0.3) is 0 Å². The van der Waals surface area contributed by atoms with Gasteiger partial charge in [0.2, 0.25) is 0 Å². The largest absolute Gasteiger partial charge is 0.474 e. The molecule has 258 valence electrons. The number of carbonyl (C=O) groups excluding carboxylic acids is 4. The van der Waals surface area contributed by atoms with Crippen molar-refractivity contribution in [2.24, 2.45) is 10.2 Å². The SMILES string of the molecule is CCCO[C@@H]1OC(COP(=O)(O)O[C@@H]2OC(CO)[C@H](OC(C)=O)[C@H](OC(C)=O)C2N=[N+]=[N-])[C@H](OC(C)=O)[C@H](OC(C)=O)C1N=[N+]=[N-]. The van der Waals surface area contributed by atoms with Crippen molar-refractivity contribution in [3.05, 3.63) is 20.9 Å². The average molecular weight is 683 g/mol. The van der Waals surface area contributed by atoms with E-state index in [0.29, 0.717) is 6.42 Å². The lowest BCUT2D eigenvalue weighted by Crippen LogP contribution is -2.61. The Hall–Kier alpha value is -3.55. The number of hydrogen-bond acceptors (Lipinski definition) is 17. The van der Waals surface area contributed by atoms with Crippen molar-refractivity contribution in [3.8, 4) is 0 Å². The van der Waals surface area contributed by atoms with Crippen LogP contribution in [0.2, 0.25) is 0 Å². The van der Waals surface area contributed by atoms with Gasteiger partial charge in [-0.05, 0) is 17.5 Å². The van der Waals surface area contributed by atoms with Gasteiger partial charge in [-0.15, -0.1) is 0 Å². The van der Waals surface area contributed by atoms with Crippen LogP contribution in [0.4, 0.5) is 0 Å². The van der Waals surface area contributed by atoms with Crippen LogP contribution in [-0.2, 0) is 65.9 Å². The fourth-order valence-electron chi connectivity index (χ4n) is 4.54. The van der Waals surface area contributed by atoms with Gasteiger partial charge in [-0.2, -0.15) is 0 Å². The van der Waals surface area contributed by atoms with Gasteiger partial charge in [-0.3, -0.25) is 28.2 Å². The van der Waals surface area contributed by atoms with Gasteiger partial charge >= 0.3 is 31.7 Å². The molecule has 11 atom stereocenters. The lowest BCUT2D eigenvalue weighted by molar-refractivity contribution is -0.273. The van der Waals surface area contributed by atoms with E-state index < -0.39 is 106 Å². The van der Waals surface area contributed by atoms with Crippen LogP contribution >= 0.6 is 7.82 Å². The Kier molecular flexibility index (Phi) is 15.1. The molecule has 0 amide bonds. The summed E-state index contributed by atoms with van der Waals surface area (Å²) in [6.45, 7) is 4.09. The number of azide groups is 2. The van der Waals surface area contributed by atoms with Crippen molar-refractivity contribution in [1.29, 1.82) is 0 Å². The Bertz CT molecular complexity index is 1240. The van der Waals surface area contributed by atoms with E-state index in [2.05, 4.69) is 20.1 Å². The van der Waals surface area contributed by atoms with Crippen LogP contribution in [-0.4, -0.2) is 115 Å². The molecule has 0 aliphatic carbocycles. The average Bonchev–Trinajstić information content (AvgIpc) is 2.95. The molecule has 2 aliphatic heterocycles. The molecular formula is C23H35N6O16P. The molecule has 46 heavy (non-hydrogen) atoms. The van der Waals surface area contributed by atoms with Crippen molar-refractivity contribution >= 4 is 31.7 Å². The minimum Gasteiger partial charge on any atom is -0.458 e. The second-order valence-corrected chi connectivity index (χ2v) is 11.1. The molecule has 2 fully saturated rings. The van der Waals surface area contributed by atoms with Crippen LogP contribution in [0.5, 0.6) is 0 Å². The van der Waals surface area contributed by atoms with Gasteiger partial charge in [0.15, 0.2) is 37.0 Å². The second-order valence-electron chi connectivity index (χ2n) is 9.70. The highest BCUT2D eigenvalue weighted by molar-refractivity contribution is 7.47. The van der Waals surface area contributed by atoms with Crippen molar-refractivity contribution < 1.29 is 75.9 Å². The zero-order chi connectivity index (χ0) is 34.6. The maximum atomic E-state index is 13.2. The third-order valence-corrected chi connectivity index (χ3v) is 7.06. The topological polar surface area (TPSA) is 306 Å². The standard InChI is InChI=1S/C23H35N6O16P/c1-6-7-37-22-16(26-28-24)20(41-12(4)33)19(40-11(3)32)15(44-22)9-38-46(35,36)45-23-17(27-29-25)21(42-13(5)34)18(39-10(2)31)14(8-30)43-23/h14-23,30H,6-9H2,1-5H3,(H,35,36)/t14?,15?,16?,17?,18-,19-,20+,21+,22+,23-/m0/s1. The van der Waals surface area contributed by atoms with Crippen LogP contribution in [0.3, 0.4) is 0 Å². The van der Waals surface area contributed by atoms with Gasteiger partial charge < -0.3 is 43.2 Å². The molecule has 2 saturated heterocycles. The van der Waals surface area contributed by atoms with E-state index >= 15 is 0 Å². The number of esters is 4. The van der Waals surface area contributed by atoms with E-state index in [1.807, 2.05) is 0 Å². The van der Waals surface area contributed by atoms with E-state index in [4.69, 9.17) is 53.3 Å². The van der Waals surface area contributed by atoms with E-state index in [9.17, 15) is 33.7 Å². The first kappa shape index (κ1) is 38.6. The Morgan fingerprint density at radius 1 is 0.783 bits per heavy atom. The van der Waals surface area contributed by atoms with Crippen LogP contribution < -0.4 is 0 Å². The summed E-state index contributed by atoms with van der Waals surface area (Å²) in [5.74, 6) is -3.58. The molecule has 0 saturated carbocycles. The molecule has 0 radical (unpaired) electrons. The Morgan fingerprint density at radius 2 is 1.22 bits per heavy atom. The van der Waals surface area contributed by atoms with E-state index in [1.54, 1.807) is 6.92 Å². The molecule has 5 unspecified atom stereocenters. The monoisotopic (exact) mass is 682 g/mol. The van der Waals surface area contributed by atoms with Crippen LogP contribution in [0.15, 0.2) is 10.2 Å². The highest BCUT2D eigenvalue weighted by Gasteiger charge is 2.53. The van der Waals surface area contributed by atoms with Crippen LogP contribution in [0.25, 0.3) is 20.9 Å². The Balaban J connectivity index is 2.40. The molecule has 0 aromatic rings. The lowest BCUT2D eigenvalue weighted by Gasteiger charge is -2.44. The van der Waals surface area contributed by atoms with E-state index in [-0.39, 0.29) is 6.61 Å². The van der Waals surface area contributed by atoms with Crippen molar-refractivity contribution in [2.75, 3.05) is 19.8 Å². The maximum absolute atomic E-state index is 13.2. The number of carbonyl (C=O) groups is 4. The molecule has 2 heterocycles. The summed E-state index contributed by atoms with van der Waals surface area (Å²) < 4.78 is 60.9. The van der Waals surface area contributed by atoms with Crippen molar-refractivity contribution in [2.45, 2.75) is 102 Å². The number of phosphoric acid groups is 1. The maximum Gasteiger partial charge on any atom is 0.474 e. The molecule has 23 heteroatoms. The number of rotatable bonds is 15. The highest BCUT2D eigenvalue weighted by Crippen LogP contribution is 2.48. The number of phosphoric ester groups is 1. The third-order valence-electron chi connectivity index (χ3n) is 6.11. The van der Waals surface area contributed by atoms with E-state index in [0.717, 1.165) is 27.7 Å². The summed E-state index contributed by atoms with van der Waals surface area (Å²) in [4.78, 5) is 63.4. The van der Waals surface area contributed by atoms with Gasteiger partial charge in [0, 0.05) is 44.1 Å². The minimum absolute atomic E-state index is 0.0754. The summed E-state index contributed by atoms with van der Waals surface area (Å²) in [6.07, 6.45) is -12.2. The highest BCUT2D eigenvalue weighted by atomic mass is 31.2.